The number of imidazole rings is 1. The molecular formula is C14H9ClFN3O. The molecule has 0 radical (unpaired) electrons. The standard InChI is InChI=1S/C14H9ClFN3O/c15-9-2-4-11(10(16)6-9)19-14(20)8-1-3-12-13(5-8)18-7-17-12/h1-7H,(H,17,18)(H,19,20). The number of nitrogens with one attached hydrogen (secondary N) is 2. The number of H-pyrrole nitrogens is 1. The van der Waals surface area contributed by atoms with Gasteiger partial charge in [-0.2, -0.15) is 0 Å². The average molecular weight is 290 g/mol. The van der Waals surface area contributed by atoms with E-state index in [1.54, 1.807) is 24.5 Å². The van der Waals surface area contributed by atoms with Crippen molar-refractivity contribution in [1.29, 1.82) is 0 Å². The normalized spacial score (nSPS) is 10.7. The minimum absolute atomic E-state index is 0.0871. The second-order valence-electron chi connectivity index (χ2n) is 4.21. The van der Waals surface area contributed by atoms with Gasteiger partial charge in [0.1, 0.15) is 5.82 Å². The Morgan fingerprint density at radius 2 is 2.10 bits per heavy atom. The number of aromatic nitrogens is 2. The molecule has 0 fully saturated rings. The molecule has 2 N–H and O–H groups in total. The second kappa shape index (κ2) is 4.94. The fourth-order valence-corrected chi connectivity index (χ4v) is 2.02. The van der Waals surface area contributed by atoms with Crippen LogP contribution in [0.4, 0.5) is 10.1 Å². The van der Waals surface area contributed by atoms with Crippen molar-refractivity contribution < 1.29 is 9.18 Å². The van der Waals surface area contributed by atoms with E-state index in [1.165, 1.54) is 12.1 Å². The SMILES string of the molecule is O=C(Nc1ccc(Cl)cc1F)c1ccc2nc[nH]c2c1. The average Bonchev–Trinajstić information content (AvgIpc) is 2.89. The van der Waals surface area contributed by atoms with E-state index in [0.717, 1.165) is 17.1 Å². The Morgan fingerprint density at radius 1 is 1.25 bits per heavy atom. The van der Waals surface area contributed by atoms with Crippen molar-refractivity contribution in [1.82, 2.24) is 9.97 Å². The minimum atomic E-state index is -0.575. The Balaban J connectivity index is 1.88. The lowest BCUT2D eigenvalue weighted by molar-refractivity contribution is 0.102. The third kappa shape index (κ3) is 2.35. The lowest BCUT2D eigenvalue weighted by atomic mass is 10.2. The van der Waals surface area contributed by atoms with Crippen molar-refractivity contribution >= 4 is 34.2 Å². The summed E-state index contributed by atoms with van der Waals surface area (Å²) in [4.78, 5) is 19.1. The molecule has 2 aromatic carbocycles. The van der Waals surface area contributed by atoms with Crippen molar-refractivity contribution in [2.45, 2.75) is 0 Å². The van der Waals surface area contributed by atoms with E-state index in [0.29, 0.717) is 5.56 Å². The van der Waals surface area contributed by atoms with Gasteiger partial charge in [0.15, 0.2) is 0 Å². The summed E-state index contributed by atoms with van der Waals surface area (Å²) < 4.78 is 13.6. The van der Waals surface area contributed by atoms with Crippen LogP contribution in [0.2, 0.25) is 5.02 Å². The lowest BCUT2D eigenvalue weighted by Gasteiger charge is -2.06. The molecule has 6 heteroatoms. The predicted molar refractivity (Wildman–Crippen MR) is 75.5 cm³/mol. The number of fused-ring (bicyclic) bond motifs is 1. The summed E-state index contributed by atoms with van der Waals surface area (Å²) in [5.41, 5.74) is 2.01. The molecule has 0 aliphatic rings. The third-order valence-corrected chi connectivity index (χ3v) is 3.10. The molecule has 0 saturated carbocycles. The number of aromatic amines is 1. The van der Waals surface area contributed by atoms with Crippen LogP contribution in [-0.2, 0) is 0 Å². The first-order valence-electron chi connectivity index (χ1n) is 5.83. The van der Waals surface area contributed by atoms with Crippen LogP contribution < -0.4 is 5.32 Å². The van der Waals surface area contributed by atoms with E-state index in [-0.39, 0.29) is 10.7 Å². The topological polar surface area (TPSA) is 57.8 Å². The second-order valence-corrected chi connectivity index (χ2v) is 4.65. The van der Waals surface area contributed by atoms with Gasteiger partial charge in [-0.15, -0.1) is 0 Å². The number of amides is 1. The largest absolute Gasteiger partial charge is 0.345 e. The number of carbonyl (C=O) groups excluding carboxylic acids is 1. The van der Waals surface area contributed by atoms with Gasteiger partial charge in [0.25, 0.3) is 5.91 Å². The fourth-order valence-electron chi connectivity index (χ4n) is 1.86. The Kier molecular flexibility index (Phi) is 3.12. The van der Waals surface area contributed by atoms with Gasteiger partial charge in [-0.05, 0) is 36.4 Å². The van der Waals surface area contributed by atoms with E-state index >= 15 is 0 Å². The predicted octanol–water partition coefficient (Wildman–Crippen LogP) is 3.61. The first kappa shape index (κ1) is 12.6. The minimum Gasteiger partial charge on any atom is -0.345 e. The molecule has 3 rings (SSSR count). The van der Waals surface area contributed by atoms with Crippen molar-refractivity contribution in [2.24, 2.45) is 0 Å². The van der Waals surface area contributed by atoms with Crippen LogP contribution in [0.15, 0.2) is 42.7 Å². The van der Waals surface area contributed by atoms with E-state index in [9.17, 15) is 9.18 Å². The van der Waals surface area contributed by atoms with Crippen LogP contribution in [0.5, 0.6) is 0 Å². The van der Waals surface area contributed by atoms with Crippen LogP contribution in [0.3, 0.4) is 0 Å². The lowest BCUT2D eigenvalue weighted by Crippen LogP contribution is -2.12. The molecule has 0 unspecified atom stereocenters. The molecule has 0 saturated heterocycles. The molecule has 3 aromatic rings. The molecule has 0 aliphatic heterocycles. The Labute approximate surface area is 118 Å². The Hall–Kier alpha value is -2.40. The highest BCUT2D eigenvalue weighted by Gasteiger charge is 2.10. The van der Waals surface area contributed by atoms with E-state index < -0.39 is 11.7 Å². The first-order valence-corrected chi connectivity index (χ1v) is 6.21. The Bertz CT molecular complexity index is 800. The van der Waals surface area contributed by atoms with Gasteiger partial charge in [0.05, 0.1) is 23.0 Å². The molecule has 0 aliphatic carbocycles. The van der Waals surface area contributed by atoms with Crippen LogP contribution in [0.1, 0.15) is 10.4 Å². The number of hydrogen-bond acceptors (Lipinski definition) is 2. The van der Waals surface area contributed by atoms with Gasteiger partial charge in [0, 0.05) is 10.6 Å². The molecule has 1 amide bonds. The van der Waals surface area contributed by atoms with Crippen molar-refractivity contribution in [3.8, 4) is 0 Å². The molecule has 1 aromatic heterocycles. The van der Waals surface area contributed by atoms with Gasteiger partial charge >= 0.3 is 0 Å². The number of benzene rings is 2. The molecular weight excluding hydrogens is 281 g/mol. The summed E-state index contributed by atoms with van der Waals surface area (Å²) in [5, 5.41) is 2.78. The molecule has 0 bridgehead atoms. The van der Waals surface area contributed by atoms with Crippen molar-refractivity contribution in [2.75, 3.05) is 5.32 Å². The number of halogens is 2. The Morgan fingerprint density at radius 3 is 2.90 bits per heavy atom. The van der Waals surface area contributed by atoms with Gasteiger partial charge in [0.2, 0.25) is 0 Å². The van der Waals surface area contributed by atoms with E-state index in [2.05, 4.69) is 15.3 Å². The monoisotopic (exact) mass is 289 g/mol. The molecule has 100 valence electrons. The van der Waals surface area contributed by atoms with Gasteiger partial charge in [-0.25, -0.2) is 9.37 Å². The zero-order valence-corrected chi connectivity index (χ0v) is 10.9. The highest BCUT2D eigenvalue weighted by Crippen LogP contribution is 2.20. The van der Waals surface area contributed by atoms with Gasteiger partial charge in [-0.1, -0.05) is 11.6 Å². The maximum absolute atomic E-state index is 13.6. The number of carbonyl (C=O) groups is 1. The molecule has 0 spiro atoms. The third-order valence-electron chi connectivity index (χ3n) is 2.86. The summed E-state index contributed by atoms with van der Waals surface area (Å²) in [6, 6.07) is 9.09. The maximum Gasteiger partial charge on any atom is 0.255 e. The first-order chi connectivity index (χ1) is 9.63. The van der Waals surface area contributed by atoms with Gasteiger partial charge < -0.3 is 10.3 Å². The summed E-state index contributed by atoms with van der Waals surface area (Å²) >= 11 is 5.66. The van der Waals surface area contributed by atoms with Crippen LogP contribution in [0.25, 0.3) is 11.0 Å². The zero-order valence-electron chi connectivity index (χ0n) is 10.2. The smallest absolute Gasteiger partial charge is 0.255 e. The number of rotatable bonds is 2. The molecule has 1 heterocycles. The maximum atomic E-state index is 13.6. The summed E-state index contributed by atoms with van der Waals surface area (Å²) in [6.07, 6.45) is 1.55. The van der Waals surface area contributed by atoms with Crippen molar-refractivity contribution in [3.05, 3.63) is 59.1 Å². The highest BCUT2D eigenvalue weighted by atomic mass is 35.5. The highest BCUT2D eigenvalue weighted by molar-refractivity contribution is 6.30. The van der Waals surface area contributed by atoms with Crippen LogP contribution >= 0.6 is 11.6 Å². The van der Waals surface area contributed by atoms with E-state index in [4.69, 9.17) is 11.6 Å². The number of anilines is 1. The molecule has 4 nitrogen and oxygen atoms in total. The van der Waals surface area contributed by atoms with Crippen molar-refractivity contribution in [3.63, 3.8) is 0 Å². The number of hydrogen-bond donors (Lipinski definition) is 2. The van der Waals surface area contributed by atoms with Crippen LogP contribution in [-0.4, -0.2) is 15.9 Å². The summed E-state index contributed by atoms with van der Waals surface area (Å²) in [7, 11) is 0. The van der Waals surface area contributed by atoms with Crippen LogP contribution in [0, 0.1) is 5.82 Å². The zero-order chi connectivity index (χ0) is 14.1. The fraction of sp³-hybridized carbons (Fsp3) is 0. The molecule has 20 heavy (non-hydrogen) atoms. The number of nitrogens with zero attached hydrogens (tertiary/aromatic N) is 1. The summed E-state index contributed by atoms with van der Waals surface area (Å²) in [6.45, 7) is 0. The molecule has 0 atom stereocenters. The summed E-state index contributed by atoms with van der Waals surface area (Å²) in [5.74, 6) is -0.976. The van der Waals surface area contributed by atoms with E-state index in [1.807, 2.05) is 0 Å². The van der Waals surface area contributed by atoms with Gasteiger partial charge in [-0.3, -0.25) is 4.79 Å². The quantitative estimate of drug-likeness (QED) is 0.757.